The average Bonchev–Trinajstić information content (AvgIpc) is 2.46. The summed E-state index contributed by atoms with van der Waals surface area (Å²) in [7, 11) is 0. The summed E-state index contributed by atoms with van der Waals surface area (Å²) in [6.07, 6.45) is 2.16. The summed E-state index contributed by atoms with van der Waals surface area (Å²) in [4.78, 5) is 15.9. The van der Waals surface area contributed by atoms with Crippen LogP contribution >= 0.6 is 0 Å². The van der Waals surface area contributed by atoms with Crippen LogP contribution in [0.3, 0.4) is 0 Å². The lowest BCUT2D eigenvalue weighted by atomic mass is 10.0. The van der Waals surface area contributed by atoms with Crippen LogP contribution in [0.25, 0.3) is 0 Å². The molecule has 18 heavy (non-hydrogen) atoms. The van der Waals surface area contributed by atoms with Crippen LogP contribution in [0.4, 0.5) is 5.82 Å². The quantitative estimate of drug-likeness (QED) is 0.535. The van der Waals surface area contributed by atoms with Crippen LogP contribution in [0.5, 0.6) is 0 Å². The van der Waals surface area contributed by atoms with Crippen LogP contribution in [0, 0.1) is 5.92 Å². The number of hydrogen-bond acceptors (Lipinski definition) is 5. The Morgan fingerprint density at radius 3 is 3.17 bits per heavy atom. The van der Waals surface area contributed by atoms with E-state index >= 15 is 0 Å². The molecule has 0 radical (unpaired) electrons. The van der Waals surface area contributed by atoms with Gasteiger partial charge in [-0.3, -0.25) is 4.79 Å². The molecule has 0 aliphatic carbocycles. The van der Waals surface area contributed by atoms with E-state index in [0.717, 1.165) is 26.1 Å². The molecular formula is C12H18N4O2. The molecular weight excluding hydrogens is 232 g/mol. The van der Waals surface area contributed by atoms with E-state index in [0.29, 0.717) is 24.0 Å². The normalized spacial score (nSPS) is 19.3. The summed E-state index contributed by atoms with van der Waals surface area (Å²) in [5.74, 6) is 5.94. The van der Waals surface area contributed by atoms with Gasteiger partial charge in [-0.1, -0.05) is 6.07 Å². The number of nitrogen functional groups attached to an aromatic ring is 1. The van der Waals surface area contributed by atoms with Gasteiger partial charge in [0.25, 0.3) is 5.91 Å². The van der Waals surface area contributed by atoms with Gasteiger partial charge < -0.3 is 15.5 Å². The van der Waals surface area contributed by atoms with Crippen LogP contribution in [-0.4, -0.2) is 30.6 Å². The number of amides is 1. The van der Waals surface area contributed by atoms with Gasteiger partial charge in [0.15, 0.2) is 0 Å². The molecule has 2 heterocycles. The Balaban J connectivity index is 1.86. The maximum Gasteiger partial charge on any atom is 0.269 e. The van der Waals surface area contributed by atoms with E-state index in [-0.39, 0.29) is 5.91 Å². The highest BCUT2D eigenvalue weighted by molar-refractivity contribution is 5.92. The first-order valence-corrected chi connectivity index (χ1v) is 6.09. The van der Waals surface area contributed by atoms with Gasteiger partial charge in [0.1, 0.15) is 11.5 Å². The first kappa shape index (κ1) is 12.8. The fraction of sp³-hybridized carbons (Fsp3) is 0.500. The molecule has 4 N–H and O–H groups in total. The predicted molar refractivity (Wildman–Crippen MR) is 67.9 cm³/mol. The highest BCUT2D eigenvalue weighted by atomic mass is 16.5. The largest absolute Gasteiger partial charge is 0.381 e. The molecule has 1 atom stereocenters. The number of hydrazine groups is 1. The minimum absolute atomic E-state index is 0.183. The Kier molecular flexibility index (Phi) is 4.49. The van der Waals surface area contributed by atoms with E-state index in [1.54, 1.807) is 18.2 Å². The second-order valence-electron chi connectivity index (χ2n) is 4.35. The standard InChI is InChI=1S/C12H18N4O2/c13-16-11-5-1-4-10(15-11)12(17)14-7-9-3-2-6-18-8-9/h1,4-5,9H,2-3,6-8,13H2,(H,14,17)(H,15,16). The third-order valence-electron chi connectivity index (χ3n) is 2.94. The Hall–Kier alpha value is -1.66. The van der Waals surface area contributed by atoms with Gasteiger partial charge in [-0.15, -0.1) is 0 Å². The SMILES string of the molecule is NNc1cccc(C(=O)NCC2CCCOC2)n1. The Morgan fingerprint density at radius 1 is 1.56 bits per heavy atom. The summed E-state index contributed by atoms with van der Waals surface area (Å²) in [6.45, 7) is 2.18. The van der Waals surface area contributed by atoms with Crippen molar-refractivity contribution >= 4 is 11.7 Å². The van der Waals surface area contributed by atoms with Crippen molar-refractivity contribution in [1.82, 2.24) is 10.3 Å². The summed E-state index contributed by atoms with van der Waals surface area (Å²) < 4.78 is 5.36. The van der Waals surface area contributed by atoms with Crippen molar-refractivity contribution in [2.45, 2.75) is 12.8 Å². The molecule has 2 rings (SSSR count). The topological polar surface area (TPSA) is 89.3 Å². The summed E-state index contributed by atoms with van der Waals surface area (Å²) in [5, 5.41) is 2.87. The first-order valence-electron chi connectivity index (χ1n) is 6.09. The van der Waals surface area contributed by atoms with Crippen molar-refractivity contribution in [3.63, 3.8) is 0 Å². The lowest BCUT2D eigenvalue weighted by Gasteiger charge is -2.22. The Morgan fingerprint density at radius 2 is 2.44 bits per heavy atom. The van der Waals surface area contributed by atoms with Crippen LogP contribution in [0.15, 0.2) is 18.2 Å². The van der Waals surface area contributed by atoms with Crippen molar-refractivity contribution in [3.8, 4) is 0 Å². The molecule has 0 saturated carbocycles. The Labute approximate surface area is 106 Å². The molecule has 0 spiro atoms. The summed E-state index contributed by atoms with van der Waals surface area (Å²) in [6, 6.07) is 5.10. The van der Waals surface area contributed by atoms with Gasteiger partial charge in [-0.05, 0) is 30.9 Å². The Bertz CT molecular complexity index is 405. The van der Waals surface area contributed by atoms with Gasteiger partial charge >= 0.3 is 0 Å². The minimum Gasteiger partial charge on any atom is -0.381 e. The number of rotatable bonds is 4. The maximum absolute atomic E-state index is 11.9. The molecule has 6 nitrogen and oxygen atoms in total. The van der Waals surface area contributed by atoms with Crippen LogP contribution in [0.2, 0.25) is 0 Å². The fourth-order valence-corrected chi connectivity index (χ4v) is 1.94. The molecule has 98 valence electrons. The van der Waals surface area contributed by atoms with Crippen LogP contribution in [-0.2, 0) is 4.74 Å². The number of nitrogens with zero attached hydrogens (tertiary/aromatic N) is 1. The molecule has 6 heteroatoms. The van der Waals surface area contributed by atoms with E-state index in [1.165, 1.54) is 0 Å². The molecule has 1 aliphatic rings. The lowest BCUT2D eigenvalue weighted by Crippen LogP contribution is -2.33. The van der Waals surface area contributed by atoms with Crippen molar-refractivity contribution in [2.24, 2.45) is 11.8 Å². The van der Waals surface area contributed by atoms with E-state index in [2.05, 4.69) is 15.7 Å². The van der Waals surface area contributed by atoms with Crippen LogP contribution < -0.4 is 16.6 Å². The van der Waals surface area contributed by atoms with Crippen molar-refractivity contribution < 1.29 is 9.53 Å². The minimum atomic E-state index is -0.183. The third kappa shape index (κ3) is 3.41. The average molecular weight is 250 g/mol. The van der Waals surface area contributed by atoms with Crippen molar-refractivity contribution in [1.29, 1.82) is 0 Å². The van der Waals surface area contributed by atoms with Crippen molar-refractivity contribution in [3.05, 3.63) is 23.9 Å². The van der Waals surface area contributed by atoms with Gasteiger partial charge in [-0.2, -0.15) is 0 Å². The number of aromatic nitrogens is 1. The molecule has 1 aromatic heterocycles. The number of nitrogens with two attached hydrogens (primary N) is 1. The van der Waals surface area contributed by atoms with E-state index in [1.807, 2.05) is 0 Å². The van der Waals surface area contributed by atoms with E-state index in [9.17, 15) is 4.79 Å². The highest BCUT2D eigenvalue weighted by Gasteiger charge is 2.15. The van der Waals surface area contributed by atoms with Gasteiger partial charge in [-0.25, -0.2) is 10.8 Å². The number of pyridine rings is 1. The number of nitrogens with one attached hydrogen (secondary N) is 2. The number of hydrogen-bond donors (Lipinski definition) is 3. The van der Waals surface area contributed by atoms with E-state index < -0.39 is 0 Å². The molecule has 1 amide bonds. The van der Waals surface area contributed by atoms with Crippen LogP contribution in [0.1, 0.15) is 23.3 Å². The molecule has 1 aromatic rings. The third-order valence-corrected chi connectivity index (χ3v) is 2.94. The molecule has 0 bridgehead atoms. The molecule has 1 unspecified atom stereocenters. The number of anilines is 1. The fourth-order valence-electron chi connectivity index (χ4n) is 1.94. The summed E-state index contributed by atoms with van der Waals surface area (Å²) >= 11 is 0. The molecule has 1 aliphatic heterocycles. The zero-order chi connectivity index (χ0) is 12.8. The smallest absolute Gasteiger partial charge is 0.269 e. The highest BCUT2D eigenvalue weighted by Crippen LogP contribution is 2.12. The second-order valence-corrected chi connectivity index (χ2v) is 4.35. The van der Waals surface area contributed by atoms with E-state index in [4.69, 9.17) is 10.6 Å². The summed E-state index contributed by atoms with van der Waals surface area (Å²) in [5.41, 5.74) is 2.78. The second kappa shape index (κ2) is 6.32. The maximum atomic E-state index is 11.9. The molecule has 0 aromatic carbocycles. The van der Waals surface area contributed by atoms with Gasteiger partial charge in [0.2, 0.25) is 0 Å². The molecule has 1 saturated heterocycles. The molecule has 1 fully saturated rings. The number of ether oxygens (including phenoxy) is 1. The zero-order valence-corrected chi connectivity index (χ0v) is 10.2. The van der Waals surface area contributed by atoms with Gasteiger partial charge in [0, 0.05) is 13.2 Å². The number of carbonyl (C=O) groups excluding carboxylic acids is 1. The first-order chi connectivity index (χ1) is 8.79. The predicted octanol–water partition coefficient (Wildman–Crippen LogP) is 0.524. The van der Waals surface area contributed by atoms with Crippen molar-refractivity contribution in [2.75, 3.05) is 25.2 Å². The van der Waals surface area contributed by atoms with Gasteiger partial charge in [0.05, 0.1) is 6.61 Å². The lowest BCUT2D eigenvalue weighted by molar-refractivity contribution is 0.0535. The number of carbonyl (C=O) groups is 1. The monoisotopic (exact) mass is 250 g/mol. The zero-order valence-electron chi connectivity index (χ0n) is 10.2.